The average Bonchev–Trinajstić information content (AvgIpc) is 2.47. The van der Waals surface area contributed by atoms with E-state index in [2.05, 4.69) is 40.3 Å². The fourth-order valence-corrected chi connectivity index (χ4v) is 2.17. The lowest BCUT2D eigenvalue weighted by Crippen LogP contribution is -2.14. The second-order valence-corrected chi connectivity index (χ2v) is 6.38. The van der Waals surface area contributed by atoms with Gasteiger partial charge in [0.2, 0.25) is 0 Å². The number of carbonyl (C=O) groups is 1. The van der Waals surface area contributed by atoms with Gasteiger partial charge in [-0.15, -0.1) is 6.58 Å². The number of allylic oxidation sites excluding steroid dienone is 1. The van der Waals surface area contributed by atoms with Gasteiger partial charge in [0.25, 0.3) is 0 Å². The summed E-state index contributed by atoms with van der Waals surface area (Å²) >= 11 is 0. The first-order valence-electron chi connectivity index (χ1n) is 7.88. The molecule has 0 aromatic heterocycles. The molecule has 3 heteroatoms. The molecule has 122 valence electrons. The van der Waals surface area contributed by atoms with Gasteiger partial charge in [0, 0.05) is 6.61 Å². The van der Waals surface area contributed by atoms with Crippen molar-refractivity contribution in [3.05, 3.63) is 41.5 Å². The molecule has 1 aromatic carbocycles. The molecular formula is C19H28O3. The molecule has 0 saturated carbocycles. The first-order chi connectivity index (χ1) is 10.4. The SMILES string of the molecule is C=CCc1cc(C(C)(C)C)cc(C=O)c1OCCOCCC. The molecule has 0 spiro atoms. The second-order valence-electron chi connectivity index (χ2n) is 6.38. The van der Waals surface area contributed by atoms with Crippen LogP contribution < -0.4 is 4.74 Å². The lowest BCUT2D eigenvalue weighted by molar-refractivity contribution is 0.0988. The van der Waals surface area contributed by atoms with E-state index in [1.807, 2.05) is 12.1 Å². The normalized spacial score (nSPS) is 11.3. The van der Waals surface area contributed by atoms with Gasteiger partial charge >= 0.3 is 0 Å². The predicted octanol–water partition coefficient (Wildman–Crippen LogP) is 4.33. The van der Waals surface area contributed by atoms with E-state index in [1.165, 1.54) is 0 Å². The monoisotopic (exact) mass is 304 g/mol. The number of hydrogen-bond donors (Lipinski definition) is 0. The molecule has 1 rings (SSSR count). The third-order valence-corrected chi connectivity index (χ3v) is 3.37. The van der Waals surface area contributed by atoms with E-state index < -0.39 is 0 Å². The van der Waals surface area contributed by atoms with Crippen LogP contribution in [0.3, 0.4) is 0 Å². The van der Waals surface area contributed by atoms with Gasteiger partial charge < -0.3 is 9.47 Å². The summed E-state index contributed by atoms with van der Waals surface area (Å²) in [6, 6.07) is 4.03. The van der Waals surface area contributed by atoms with E-state index in [-0.39, 0.29) is 5.41 Å². The first-order valence-corrected chi connectivity index (χ1v) is 7.88. The van der Waals surface area contributed by atoms with E-state index in [4.69, 9.17) is 9.47 Å². The van der Waals surface area contributed by atoms with Crippen LogP contribution in [0, 0.1) is 0 Å². The van der Waals surface area contributed by atoms with Crippen molar-refractivity contribution in [3.63, 3.8) is 0 Å². The number of carbonyl (C=O) groups excluding carboxylic acids is 1. The molecule has 0 fully saturated rings. The van der Waals surface area contributed by atoms with Gasteiger partial charge in [-0.1, -0.05) is 39.8 Å². The van der Waals surface area contributed by atoms with E-state index in [0.29, 0.717) is 30.9 Å². The van der Waals surface area contributed by atoms with Crippen LogP contribution in [0.15, 0.2) is 24.8 Å². The summed E-state index contributed by atoms with van der Waals surface area (Å²) in [7, 11) is 0. The van der Waals surface area contributed by atoms with Crippen molar-refractivity contribution in [3.8, 4) is 5.75 Å². The molecule has 0 N–H and O–H groups in total. The van der Waals surface area contributed by atoms with E-state index in [1.54, 1.807) is 0 Å². The number of ether oxygens (including phenoxy) is 2. The van der Waals surface area contributed by atoms with Gasteiger partial charge in [0.1, 0.15) is 12.4 Å². The molecule has 22 heavy (non-hydrogen) atoms. The Labute approximate surface area is 134 Å². The largest absolute Gasteiger partial charge is 0.490 e. The highest BCUT2D eigenvalue weighted by molar-refractivity contribution is 5.81. The van der Waals surface area contributed by atoms with Crippen molar-refractivity contribution in [1.82, 2.24) is 0 Å². The maximum absolute atomic E-state index is 11.5. The third-order valence-electron chi connectivity index (χ3n) is 3.37. The van der Waals surface area contributed by atoms with Gasteiger partial charge in [0.05, 0.1) is 12.2 Å². The Bertz CT molecular complexity index is 498. The lowest BCUT2D eigenvalue weighted by Gasteiger charge is -2.22. The van der Waals surface area contributed by atoms with Gasteiger partial charge in [-0.05, 0) is 35.4 Å². The standard InChI is InChI=1S/C19H28O3/c1-6-8-15-12-17(19(3,4)5)13-16(14-20)18(15)22-11-10-21-9-7-2/h6,12-14H,1,7-11H2,2-5H3. The summed E-state index contributed by atoms with van der Waals surface area (Å²) in [5, 5.41) is 0. The van der Waals surface area contributed by atoms with Crippen LogP contribution in [0.4, 0.5) is 0 Å². The van der Waals surface area contributed by atoms with Crippen LogP contribution in [-0.4, -0.2) is 26.1 Å². The molecule has 0 aliphatic rings. The molecule has 0 atom stereocenters. The summed E-state index contributed by atoms with van der Waals surface area (Å²) in [4.78, 5) is 11.5. The third kappa shape index (κ3) is 5.30. The van der Waals surface area contributed by atoms with Crippen LogP contribution >= 0.6 is 0 Å². The lowest BCUT2D eigenvalue weighted by atomic mass is 9.84. The minimum absolute atomic E-state index is 0.0174. The second kappa shape index (κ2) is 8.74. The number of aldehydes is 1. The van der Waals surface area contributed by atoms with E-state index >= 15 is 0 Å². The summed E-state index contributed by atoms with van der Waals surface area (Å²) in [5.41, 5.74) is 2.71. The Morgan fingerprint density at radius 1 is 1.18 bits per heavy atom. The Kier molecular flexibility index (Phi) is 7.33. The summed E-state index contributed by atoms with van der Waals surface area (Å²) < 4.78 is 11.2. The Balaban J connectivity index is 3.02. The van der Waals surface area contributed by atoms with Crippen LogP contribution in [0.25, 0.3) is 0 Å². The molecule has 0 amide bonds. The highest BCUT2D eigenvalue weighted by atomic mass is 16.5. The Morgan fingerprint density at radius 2 is 1.91 bits per heavy atom. The quantitative estimate of drug-likeness (QED) is 0.387. The van der Waals surface area contributed by atoms with E-state index in [0.717, 1.165) is 30.4 Å². The van der Waals surface area contributed by atoms with Crippen LogP contribution in [-0.2, 0) is 16.6 Å². The molecular weight excluding hydrogens is 276 g/mol. The van der Waals surface area contributed by atoms with Gasteiger partial charge in [-0.25, -0.2) is 0 Å². The molecule has 0 aliphatic heterocycles. The van der Waals surface area contributed by atoms with Crippen molar-refractivity contribution in [2.75, 3.05) is 19.8 Å². The first kappa shape index (κ1) is 18.4. The maximum atomic E-state index is 11.5. The van der Waals surface area contributed by atoms with Crippen LogP contribution in [0.2, 0.25) is 0 Å². The molecule has 0 bridgehead atoms. The molecule has 0 radical (unpaired) electrons. The van der Waals surface area contributed by atoms with Gasteiger partial charge in [-0.3, -0.25) is 4.79 Å². The predicted molar refractivity (Wildman–Crippen MR) is 91.0 cm³/mol. The van der Waals surface area contributed by atoms with E-state index in [9.17, 15) is 4.79 Å². The molecule has 0 unspecified atom stereocenters. The molecule has 0 heterocycles. The zero-order valence-corrected chi connectivity index (χ0v) is 14.3. The molecule has 0 aliphatic carbocycles. The zero-order valence-electron chi connectivity index (χ0n) is 14.3. The number of hydrogen-bond acceptors (Lipinski definition) is 3. The van der Waals surface area contributed by atoms with Gasteiger partial charge in [-0.2, -0.15) is 0 Å². The number of rotatable bonds is 9. The minimum Gasteiger partial charge on any atom is -0.490 e. The van der Waals surface area contributed by atoms with Crippen LogP contribution in [0.1, 0.15) is 55.6 Å². The van der Waals surface area contributed by atoms with Crippen molar-refractivity contribution in [1.29, 1.82) is 0 Å². The van der Waals surface area contributed by atoms with Crippen LogP contribution in [0.5, 0.6) is 5.75 Å². The molecule has 0 saturated heterocycles. The average molecular weight is 304 g/mol. The summed E-state index contributed by atoms with van der Waals surface area (Å²) in [5.74, 6) is 0.656. The molecule has 3 nitrogen and oxygen atoms in total. The maximum Gasteiger partial charge on any atom is 0.153 e. The Morgan fingerprint density at radius 3 is 2.45 bits per heavy atom. The van der Waals surface area contributed by atoms with Crippen molar-refractivity contribution in [2.45, 2.75) is 46.0 Å². The Hall–Kier alpha value is -1.61. The summed E-state index contributed by atoms with van der Waals surface area (Å²) in [6.45, 7) is 14.0. The highest BCUT2D eigenvalue weighted by Gasteiger charge is 2.19. The van der Waals surface area contributed by atoms with Crippen molar-refractivity contribution < 1.29 is 14.3 Å². The smallest absolute Gasteiger partial charge is 0.153 e. The minimum atomic E-state index is -0.0174. The van der Waals surface area contributed by atoms with Crippen molar-refractivity contribution in [2.24, 2.45) is 0 Å². The van der Waals surface area contributed by atoms with Crippen molar-refractivity contribution >= 4 is 6.29 Å². The fourth-order valence-electron chi connectivity index (χ4n) is 2.17. The highest BCUT2D eigenvalue weighted by Crippen LogP contribution is 2.31. The topological polar surface area (TPSA) is 35.5 Å². The zero-order chi connectivity index (χ0) is 16.6. The van der Waals surface area contributed by atoms with Gasteiger partial charge in [0.15, 0.2) is 6.29 Å². The summed E-state index contributed by atoms with van der Waals surface area (Å²) in [6.07, 6.45) is 4.36. The fraction of sp³-hybridized carbons (Fsp3) is 0.526. The molecule has 1 aromatic rings. The number of benzene rings is 1.